The van der Waals surface area contributed by atoms with Crippen LogP contribution in [0.2, 0.25) is 0 Å². The molecule has 0 saturated heterocycles. The van der Waals surface area contributed by atoms with Crippen molar-refractivity contribution in [2.24, 2.45) is 12.8 Å². The highest BCUT2D eigenvalue weighted by Gasteiger charge is 2.21. The van der Waals surface area contributed by atoms with Gasteiger partial charge in [0.15, 0.2) is 0 Å². The number of carbonyl (C=O) groups is 1. The van der Waals surface area contributed by atoms with Gasteiger partial charge in [-0.3, -0.25) is 10.00 Å². The molecule has 0 atom stereocenters. The van der Waals surface area contributed by atoms with Gasteiger partial charge in [-0.05, 0) is 43.0 Å². The molecule has 0 spiro atoms. The van der Waals surface area contributed by atoms with Gasteiger partial charge in [-0.25, -0.2) is 9.48 Å². The summed E-state index contributed by atoms with van der Waals surface area (Å²) in [6.07, 6.45) is 6.08. The van der Waals surface area contributed by atoms with Crippen LogP contribution < -0.4 is 11.1 Å². The third kappa shape index (κ3) is 5.99. The van der Waals surface area contributed by atoms with Crippen LogP contribution in [0.25, 0.3) is 16.9 Å². The molecule has 0 saturated carbocycles. The number of para-hydroxylation sites is 1. The molecule has 0 fully saturated rings. The van der Waals surface area contributed by atoms with E-state index < -0.39 is 6.03 Å². The van der Waals surface area contributed by atoms with Gasteiger partial charge in [0.1, 0.15) is 11.5 Å². The van der Waals surface area contributed by atoms with Gasteiger partial charge in [-0.2, -0.15) is 10.2 Å². The highest BCUT2D eigenvalue weighted by Crippen LogP contribution is 2.30. The molecule has 4 aromatic rings. The van der Waals surface area contributed by atoms with Crippen molar-refractivity contribution >= 4 is 11.8 Å². The average Bonchev–Trinajstić information content (AvgIpc) is 3.57. The highest BCUT2D eigenvalue weighted by atomic mass is 16.5. The van der Waals surface area contributed by atoms with E-state index in [0.29, 0.717) is 25.1 Å². The largest absolute Gasteiger partial charge is 0.382 e. The van der Waals surface area contributed by atoms with E-state index in [1.807, 2.05) is 50.5 Å². The standard InChI is InChI=1S/C15H16N6O.C12H16O2/c1-10-13(11-8-17-20(2)9-11)19-21(14(10)18-15(16)22)12-6-4-3-5-7-12;1-13-6-7-14-12-8-10-4-2-3-5-11(10)9-12/h3-9H,1-2H3,(H3,16,18,22);2-5,12H,6-9H2,1H3. The Bertz CT molecular complexity index is 1270. The van der Waals surface area contributed by atoms with Gasteiger partial charge in [0, 0.05) is 31.5 Å². The third-order valence-electron chi connectivity index (χ3n) is 6.00. The number of nitrogens with two attached hydrogens (primary N) is 1. The summed E-state index contributed by atoms with van der Waals surface area (Å²) in [6, 6.07) is 17.5. The minimum absolute atomic E-state index is 0.363. The van der Waals surface area contributed by atoms with Crippen LogP contribution in [-0.4, -0.2) is 52.0 Å². The zero-order chi connectivity index (χ0) is 25.5. The Morgan fingerprint density at radius 1 is 1.08 bits per heavy atom. The first-order chi connectivity index (χ1) is 17.5. The van der Waals surface area contributed by atoms with Crippen molar-refractivity contribution in [1.29, 1.82) is 0 Å². The molecule has 0 radical (unpaired) electrons. The quantitative estimate of drug-likeness (QED) is 0.384. The minimum atomic E-state index is -0.627. The first-order valence-corrected chi connectivity index (χ1v) is 11.8. The zero-order valence-electron chi connectivity index (χ0n) is 20.8. The van der Waals surface area contributed by atoms with Crippen LogP contribution in [0.1, 0.15) is 16.7 Å². The van der Waals surface area contributed by atoms with Crippen molar-refractivity contribution in [3.8, 4) is 16.9 Å². The van der Waals surface area contributed by atoms with E-state index in [0.717, 1.165) is 35.3 Å². The summed E-state index contributed by atoms with van der Waals surface area (Å²) < 4.78 is 14.0. The number of nitrogens with one attached hydrogen (secondary N) is 1. The summed E-state index contributed by atoms with van der Waals surface area (Å²) in [5, 5.41) is 11.4. The number of fused-ring (bicyclic) bond motifs is 1. The number of aryl methyl sites for hydroxylation is 1. The molecule has 2 amide bonds. The molecule has 2 aromatic carbocycles. The van der Waals surface area contributed by atoms with Gasteiger partial charge in [0.05, 0.1) is 31.2 Å². The number of hydrogen-bond acceptors (Lipinski definition) is 5. The summed E-state index contributed by atoms with van der Waals surface area (Å²) >= 11 is 0. The summed E-state index contributed by atoms with van der Waals surface area (Å²) in [4.78, 5) is 11.3. The molecule has 3 N–H and O–H groups in total. The second-order valence-corrected chi connectivity index (χ2v) is 8.62. The number of primary amides is 1. The number of anilines is 1. The van der Waals surface area contributed by atoms with Gasteiger partial charge in [0.25, 0.3) is 0 Å². The van der Waals surface area contributed by atoms with Crippen molar-refractivity contribution in [3.05, 3.63) is 83.7 Å². The fourth-order valence-electron chi connectivity index (χ4n) is 4.27. The summed E-state index contributed by atoms with van der Waals surface area (Å²) in [5.41, 5.74) is 11.5. The summed E-state index contributed by atoms with van der Waals surface area (Å²) in [6.45, 7) is 3.28. The van der Waals surface area contributed by atoms with Gasteiger partial charge in [0.2, 0.25) is 0 Å². The lowest BCUT2D eigenvalue weighted by Gasteiger charge is -2.09. The van der Waals surface area contributed by atoms with Crippen molar-refractivity contribution in [2.75, 3.05) is 25.6 Å². The number of nitrogens with zero attached hydrogens (tertiary/aromatic N) is 4. The second kappa shape index (κ2) is 11.7. The number of urea groups is 1. The molecule has 1 aliphatic carbocycles. The molecule has 0 unspecified atom stereocenters. The van der Waals surface area contributed by atoms with Gasteiger partial charge >= 0.3 is 6.03 Å². The number of rotatable bonds is 7. The van der Waals surface area contributed by atoms with Crippen LogP contribution in [0.5, 0.6) is 0 Å². The normalized spacial score (nSPS) is 12.6. The number of carbonyl (C=O) groups excluding carboxylic acids is 1. The van der Waals surface area contributed by atoms with Crippen LogP contribution in [-0.2, 0) is 29.4 Å². The molecular formula is C27H32N6O3. The Balaban J connectivity index is 0.000000187. The Morgan fingerprint density at radius 2 is 1.75 bits per heavy atom. The van der Waals surface area contributed by atoms with Crippen LogP contribution in [0.4, 0.5) is 10.6 Å². The van der Waals surface area contributed by atoms with Crippen LogP contribution in [0, 0.1) is 6.92 Å². The zero-order valence-corrected chi connectivity index (χ0v) is 20.8. The van der Waals surface area contributed by atoms with Gasteiger partial charge in [-0.15, -0.1) is 0 Å². The smallest absolute Gasteiger partial charge is 0.317 e. The Morgan fingerprint density at radius 3 is 2.33 bits per heavy atom. The number of ether oxygens (including phenoxy) is 2. The summed E-state index contributed by atoms with van der Waals surface area (Å²) in [7, 11) is 3.54. The Hall–Kier alpha value is -3.95. The van der Waals surface area contributed by atoms with Crippen molar-refractivity contribution in [2.45, 2.75) is 25.9 Å². The van der Waals surface area contributed by atoms with Crippen molar-refractivity contribution < 1.29 is 14.3 Å². The second-order valence-electron chi connectivity index (χ2n) is 8.62. The molecule has 0 aliphatic heterocycles. The third-order valence-corrected chi connectivity index (χ3v) is 6.00. The average molecular weight is 489 g/mol. The lowest BCUT2D eigenvalue weighted by atomic mass is 10.1. The van der Waals surface area contributed by atoms with Gasteiger partial charge in [-0.1, -0.05) is 42.5 Å². The predicted molar refractivity (Wildman–Crippen MR) is 139 cm³/mol. The molecule has 1 aliphatic rings. The lowest BCUT2D eigenvalue weighted by molar-refractivity contribution is 0.0227. The fourth-order valence-corrected chi connectivity index (χ4v) is 4.27. The fraction of sp³-hybridized carbons (Fsp3) is 0.296. The maximum absolute atomic E-state index is 11.3. The number of hydrogen-bond donors (Lipinski definition) is 2. The molecule has 0 bridgehead atoms. The van der Waals surface area contributed by atoms with E-state index in [1.54, 1.807) is 22.7 Å². The van der Waals surface area contributed by atoms with Crippen molar-refractivity contribution in [3.63, 3.8) is 0 Å². The molecule has 2 aromatic heterocycles. The van der Waals surface area contributed by atoms with E-state index in [1.165, 1.54) is 11.1 Å². The number of methoxy groups -OCH3 is 1. The number of aromatic nitrogens is 4. The van der Waals surface area contributed by atoms with E-state index in [9.17, 15) is 4.79 Å². The van der Waals surface area contributed by atoms with Crippen LogP contribution in [0.3, 0.4) is 0 Å². The highest BCUT2D eigenvalue weighted by molar-refractivity contribution is 5.89. The lowest BCUT2D eigenvalue weighted by Crippen LogP contribution is -2.21. The SMILES string of the molecule is COCCOC1Cc2ccccc2C1.Cc1c(-c2cnn(C)c2)nn(-c2ccccc2)c1NC(N)=O. The molecule has 5 rings (SSSR count). The van der Waals surface area contributed by atoms with E-state index in [-0.39, 0.29) is 0 Å². The van der Waals surface area contributed by atoms with Crippen molar-refractivity contribution in [1.82, 2.24) is 19.6 Å². The summed E-state index contributed by atoms with van der Waals surface area (Å²) in [5.74, 6) is 0.553. The predicted octanol–water partition coefficient (Wildman–Crippen LogP) is 3.89. The maximum atomic E-state index is 11.3. The first-order valence-electron chi connectivity index (χ1n) is 11.8. The number of benzene rings is 2. The molecule has 2 heterocycles. The van der Waals surface area contributed by atoms with Crippen LogP contribution >= 0.6 is 0 Å². The molecule has 9 heteroatoms. The number of amides is 2. The molecule has 36 heavy (non-hydrogen) atoms. The van der Waals surface area contributed by atoms with E-state index in [4.69, 9.17) is 15.2 Å². The molecule has 9 nitrogen and oxygen atoms in total. The topological polar surface area (TPSA) is 109 Å². The molecule has 188 valence electrons. The van der Waals surface area contributed by atoms with Gasteiger partial charge < -0.3 is 15.2 Å². The Kier molecular flexibility index (Phi) is 8.14. The monoisotopic (exact) mass is 488 g/mol. The Labute approximate surface area is 210 Å². The molecular weight excluding hydrogens is 456 g/mol. The van der Waals surface area contributed by atoms with Crippen LogP contribution in [0.15, 0.2) is 67.0 Å². The minimum Gasteiger partial charge on any atom is -0.382 e. The maximum Gasteiger partial charge on any atom is 0.317 e. The van der Waals surface area contributed by atoms with E-state index >= 15 is 0 Å². The first kappa shape index (κ1) is 25.2. The van der Waals surface area contributed by atoms with E-state index in [2.05, 4.69) is 39.8 Å².